The lowest BCUT2D eigenvalue weighted by molar-refractivity contribution is -0.385. The monoisotopic (exact) mass is 394 g/mol. The molecule has 0 spiro atoms. The second kappa shape index (κ2) is 10.0. The van der Waals surface area contributed by atoms with E-state index >= 15 is 0 Å². The molecule has 0 saturated heterocycles. The van der Waals surface area contributed by atoms with Crippen LogP contribution in [0.1, 0.15) is 25.3 Å². The number of carbonyl (C=O) groups excluding carboxylic acids is 1. The van der Waals surface area contributed by atoms with E-state index in [2.05, 4.69) is 6.58 Å². The maximum absolute atomic E-state index is 12.6. The molecule has 2 aromatic carbocycles. The van der Waals surface area contributed by atoms with Crippen molar-refractivity contribution in [1.82, 2.24) is 0 Å². The van der Waals surface area contributed by atoms with Gasteiger partial charge in [-0.1, -0.05) is 24.3 Å². The summed E-state index contributed by atoms with van der Waals surface area (Å²) in [5, 5.41) is 21.3. The first-order chi connectivity index (χ1) is 14.0. The number of hydrogen-bond acceptors (Lipinski definition) is 6. The van der Waals surface area contributed by atoms with Crippen LogP contribution in [0, 0.1) is 26.9 Å². The van der Waals surface area contributed by atoms with Crippen molar-refractivity contribution >= 4 is 11.7 Å². The number of nitriles is 1. The number of ether oxygens (including phenoxy) is 2. The average molecular weight is 394 g/mol. The largest absolute Gasteiger partial charge is 0.465 e. The predicted octanol–water partition coefficient (Wildman–Crippen LogP) is 4.97. The Balaban J connectivity index is 2.46. The van der Waals surface area contributed by atoms with E-state index in [0.717, 1.165) is 0 Å². The number of para-hydroxylation sites is 1. The number of nitrogens with zero attached hydrogens (tertiary/aromatic N) is 2. The van der Waals surface area contributed by atoms with Crippen molar-refractivity contribution in [2.24, 2.45) is 5.41 Å². The summed E-state index contributed by atoms with van der Waals surface area (Å²) in [4.78, 5) is 23.6. The molecule has 7 nitrogen and oxygen atoms in total. The summed E-state index contributed by atoms with van der Waals surface area (Å²) in [6.45, 7) is 5.38. The Morgan fingerprint density at radius 1 is 1.28 bits per heavy atom. The fraction of sp³-hybridized carbons (Fsp3) is 0.273. The summed E-state index contributed by atoms with van der Waals surface area (Å²) < 4.78 is 10.9. The molecule has 0 N–H and O–H groups in total. The Morgan fingerprint density at radius 2 is 2.00 bits per heavy atom. The Hall–Kier alpha value is -3.66. The van der Waals surface area contributed by atoms with E-state index in [4.69, 9.17) is 9.47 Å². The minimum atomic E-state index is -1.56. The molecule has 0 fully saturated rings. The first-order valence-electron chi connectivity index (χ1n) is 9.15. The van der Waals surface area contributed by atoms with E-state index in [-0.39, 0.29) is 30.7 Å². The number of benzene rings is 2. The van der Waals surface area contributed by atoms with Gasteiger partial charge in [0.2, 0.25) is 0 Å². The van der Waals surface area contributed by atoms with Crippen molar-refractivity contribution in [2.75, 3.05) is 6.61 Å². The van der Waals surface area contributed by atoms with Gasteiger partial charge in [-0.15, -0.1) is 6.58 Å². The van der Waals surface area contributed by atoms with Crippen molar-refractivity contribution in [3.63, 3.8) is 0 Å². The Labute approximate surface area is 169 Å². The van der Waals surface area contributed by atoms with Crippen LogP contribution in [0.4, 0.5) is 5.69 Å². The van der Waals surface area contributed by atoms with Crippen molar-refractivity contribution in [3.8, 4) is 17.6 Å². The highest BCUT2D eigenvalue weighted by Gasteiger charge is 2.41. The fourth-order valence-corrected chi connectivity index (χ4v) is 2.92. The predicted molar refractivity (Wildman–Crippen MR) is 107 cm³/mol. The van der Waals surface area contributed by atoms with Gasteiger partial charge in [0.1, 0.15) is 11.5 Å². The van der Waals surface area contributed by atoms with E-state index in [0.29, 0.717) is 17.9 Å². The van der Waals surface area contributed by atoms with Crippen LogP contribution in [0.3, 0.4) is 0 Å². The molecule has 0 saturated carbocycles. The lowest BCUT2D eigenvalue weighted by Crippen LogP contribution is -2.34. The van der Waals surface area contributed by atoms with E-state index in [9.17, 15) is 20.2 Å². The van der Waals surface area contributed by atoms with Crippen LogP contribution in [0.25, 0.3) is 0 Å². The standard InChI is InChI=1S/C22H22N2O5/c1-3-5-13-22(16-23,21(25)28-4-2)15-17-14-19(11-12-20(17)24(26)27)29-18-9-7-6-8-10-18/h3,6-12,14H,1,4-5,13,15H2,2H3. The molecule has 29 heavy (non-hydrogen) atoms. The quantitative estimate of drug-likeness (QED) is 0.244. The molecule has 1 atom stereocenters. The van der Waals surface area contributed by atoms with Gasteiger partial charge < -0.3 is 9.47 Å². The molecule has 0 aliphatic rings. The lowest BCUT2D eigenvalue weighted by Gasteiger charge is -2.24. The molecule has 0 aromatic heterocycles. The fourth-order valence-electron chi connectivity index (χ4n) is 2.92. The van der Waals surface area contributed by atoms with Crippen molar-refractivity contribution in [2.45, 2.75) is 26.2 Å². The highest BCUT2D eigenvalue weighted by molar-refractivity contribution is 5.80. The molecule has 0 heterocycles. The molecule has 7 heteroatoms. The third kappa shape index (κ3) is 5.42. The highest BCUT2D eigenvalue weighted by Crippen LogP contribution is 2.36. The highest BCUT2D eigenvalue weighted by atomic mass is 16.6. The second-order valence-corrected chi connectivity index (χ2v) is 6.38. The first kappa shape index (κ1) is 21.6. The summed E-state index contributed by atoms with van der Waals surface area (Å²) in [7, 11) is 0. The van der Waals surface area contributed by atoms with Gasteiger partial charge in [0.15, 0.2) is 5.41 Å². The topological polar surface area (TPSA) is 102 Å². The molecule has 2 aromatic rings. The second-order valence-electron chi connectivity index (χ2n) is 6.38. The summed E-state index contributed by atoms with van der Waals surface area (Å²) in [5.74, 6) is 0.236. The van der Waals surface area contributed by atoms with E-state index in [1.54, 1.807) is 37.3 Å². The number of esters is 1. The SMILES string of the molecule is C=CCCC(C#N)(Cc1cc(Oc2ccccc2)ccc1[N+](=O)[O-])C(=O)OCC. The van der Waals surface area contributed by atoms with Gasteiger partial charge in [-0.2, -0.15) is 5.26 Å². The number of rotatable bonds is 10. The van der Waals surface area contributed by atoms with Crippen LogP contribution in [-0.2, 0) is 16.0 Å². The van der Waals surface area contributed by atoms with Crippen molar-refractivity contribution in [1.29, 1.82) is 5.26 Å². The van der Waals surface area contributed by atoms with Gasteiger partial charge in [0.05, 0.1) is 17.6 Å². The van der Waals surface area contributed by atoms with Gasteiger partial charge in [-0.25, -0.2) is 0 Å². The van der Waals surface area contributed by atoms with Gasteiger partial charge in [0.25, 0.3) is 5.69 Å². The summed E-state index contributed by atoms with van der Waals surface area (Å²) in [6.07, 6.45) is 1.96. The van der Waals surface area contributed by atoms with E-state index in [1.165, 1.54) is 18.2 Å². The van der Waals surface area contributed by atoms with Crippen molar-refractivity contribution in [3.05, 3.63) is 76.9 Å². The normalized spacial score (nSPS) is 12.3. The molecule has 0 aliphatic carbocycles. The number of nitro benzene ring substituents is 1. The smallest absolute Gasteiger partial charge is 0.326 e. The maximum Gasteiger partial charge on any atom is 0.326 e. The number of carbonyl (C=O) groups is 1. The molecule has 0 bridgehead atoms. The Kier molecular flexibility index (Phi) is 7.49. The minimum absolute atomic E-state index is 0.107. The van der Waals surface area contributed by atoms with Gasteiger partial charge in [0, 0.05) is 18.1 Å². The molecular formula is C22H22N2O5. The lowest BCUT2D eigenvalue weighted by atomic mass is 9.78. The third-order valence-electron chi connectivity index (χ3n) is 4.37. The molecule has 0 radical (unpaired) electrons. The number of allylic oxidation sites excluding steroid dienone is 1. The third-order valence-corrected chi connectivity index (χ3v) is 4.37. The zero-order valence-electron chi connectivity index (χ0n) is 16.2. The van der Waals surface area contributed by atoms with Crippen LogP contribution < -0.4 is 4.74 Å². The Bertz CT molecular complexity index is 921. The maximum atomic E-state index is 12.6. The number of hydrogen-bond donors (Lipinski definition) is 0. The zero-order valence-corrected chi connectivity index (χ0v) is 16.2. The van der Waals surface area contributed by atoms with Crippen LogP contribution >= 0.6 is 0 Å². The van der Waals surface area contributed by atoms with Gasteiger partial charge in [-0.3, -0.25) is 14.9 Å². The first-order valence-corrected chi connectivity index (χ1v) is 9.15. The number of nitro groups is 1. The average Bonchev–Trinajstić information content (AvgIpc) is 2.72. The van der Waals surface area contributed by atoms with Crippen LogP contribution in [-0.4, -0.2) is 17.5 Å². The minimum Gasteiger partial charge on any atom is -0.465 e. The van der Waals surface area contributed by atoms with Gasteiger partial charge in [-0.05, 0) is 44.0 Å². The van der Waals surface area contributed by atoms with Crippen LogP contribution in [0.5, 0.6) is 11.5 Å². The molecule has 150 valence electrons. The molecule has 1 unspecified atom stereocenters. The summed E-state index contributed by atoms with van der Waals surface area (Å²) in [6, 6.07) is 15.3. The summed E-state index contributed by atoms with van der Waals surface area (Å²) >= 11 is 0. The summed E-state index contributed by atoms with van der Waals surface area (Å²) in [5.41, 5.74) is -1.52. The van der Waals surface area contributed by atoms with E-state index < -0.39 is 16.3 Å². The molecule has 0 amide bonds. The molecular weight excluding hydrogens is 372 g/mol. The zero-order chi connectivity index (χ0) is 21.3. The van der Waals surface area contributed by atoms with Crippen molar-refractivity contribution < 1.29 is 19.2 Å². The van der Waals surface area contributed by atoms with E-state index in [1.807, 2.05) is 12.1 Å². The van der Waals surface area contributed by atoms with Crippen LogP contribution in [0.2, 0.25) is 0 Å². The molecule has 2 rings (SSSR count). The Morgan fingerprint density at radius 3 is 2.59 bits per heavy atom. The van der Waals surface area contributed by atoms with Crippen LogP contribution in [0.15, 0.2) is 61.2 Å². The van der Waals surface area contributed by atoms with Gasteiger partial charge >= 0.3 is 5.97 Å². The molecule has 0 aliphatic heterocycles.